The van der Waals surface area contributed by atoms with E-state index < -0.39 is 16.9 Å². The molecule has 1 atom stereocenters. The number of carbonyl (C=O) groups excluding carboxylic acids is 2. The monoisotopic (exact) mass is 600 g/mol. The Morgan fingerprint density at radius 3 is 2.44 bits per heavy atom. The minimum Gasteiger partial charge on any atom is -0.341 e. The van der Waals surface area contributed by atoms with Crippen molar-refractivity contribution in [1.82, 2.24) is 14.7 Å². The van der Waals surface area contributed by atoms with E-state index in [2.05, 4.69) is 6.92 Å². The van der Waals surface area contributed by atoms with Gasteiger partial charge < -0.3 is 4.90 Å². The van der Waals surface area contributed by atoms with Crippen LogP contribution in [0, 0.1) is 31.4 Å². The van der Waals surface area contributed by atoms with E-state index in [9.17, 15) is 14.0 Å². The van der Waals surface area contributed by atoms with Gasteiger partial charge in [-0.1, -0.05) is 61.0 Å². The fourth-order valence-corrected chi connectivity index (χ4v) is 7.21. The number of likely N-dealkylation sites (tertiary alicyclic amines) is 1. The SMILES string of the molecule is Cc1ccc(-n2nc(-c3ccccc3)c3c2N(CC(=O)N2CCC(C)CC2)C(=O)CS[C@@H]3c2ccc(F)cc2F)c(C)c1. The van der Waals surface area contributed by atoms with Crippen molar-refractivity contribution in [2.75, 3.05) is 30.3 Å². The Morgan fingerprint density at radius 1 is 1.00 bits per heavy atom. The summed E-state index contributed by atoms with van der Waals surface area (Å²) in [6.45, 7) is 7.33. The van der Waals surface area contributed by atoms with E-state index in [-0.39, 0.29) is 29.7 Å². The Labute approximate surface area is 254 Å². The lowest BCUT2D eigenvalue weighted by Gasteiger charge is -2.32. The Hall–Kier alpha value is -3.98. The minimum absolute atomic E-state index is 0.0155. The molecule has 0 N–H and O–H groups in total. The fraction of sp³-hybridized carbons (Fsp3) is 0.324. The molecule has 6 rings (SSSR count). The van der Waals surface area contributed by atoms with Crippen molar-refractivity contribution in [3.8, 4) is 16.9 Å². The Bertz CT molecular complexity index is 1680. The van der Waals surface area contributed by atoms with Crippen molar-refractivity contribution in [3.63, 3.8) is 0 Å². The van der Waals surface area contributed by atoms with E-state index in [0.29, 0.717) is 36.1 Å². The van der Waals surface area contributed by atoms with Gasteiger partial charge in [-0.3, -0.25) is 14.5 Å². The molecule has 2 amide bonds. The fourth-order valence-electron chi connectivity index (χ4n) is 5.99. The minimum atomic E-state index is -0.693. The number of nitrogens with zero attached hydrogens (tertiary/aromatic N) is 4. The molecule has 4 aromatic rings. The van der Waals surface area contributed by atoms with Crippen LogP contribution < -0.4 is 4.90 Å². The molecule has 1 fully saturated rings. The highest BCUT2D eigenvalue weighted by Crippen LogP contribution is 2.49. The smallest absolute Gasteiger partial charge is 0.242 e. The molecular weight excluding hydrogens is 566 g/mol. The van der Waals surface area contributed by atoms with Gasteiger partial charge in [-0.15, -0.1) is 11.8 Å². The van der Waals surface area contributed by atoms with Gasteiger partial charge >= 0.3 is 0 Å². The van der Waals surface area contributed by atoms with Crippen molar-refractivity contribution in [1.29, 1.82) is 0 Å². The number of aromatic nitrogens is 2. The van der Waals surface area contributed by atoms with Gasteiger partial charge in [0.2, 0.25) is 11.8 Å². The third-order valence-corrected chi connectivity index (χ3v) is 9.63. The highest BCUT2D eigenvalue weighted by molar-refractivity contribution is 8.00. The van der Waals surface area contributed by atoms with Crippen LogP contribution in [0.2, 0.25) is 0 Å². The summed E-state index contributed by atoms with van der Waals surface area (Å²) in [6, 6.07) is 19.1. The molecular formula is C34H34F2N4O2S. The van der Waals surface area contributed by atoms with Crippen LogP contribution in [0.1, 0.15) is 47.3 Å². The number of aryl methyl sites for hydroxylation is 2. The lowest BCUT2D eigenvalue weighted by molar-refractivity contribution is -0.132. The molecule has 0 aliphatic carbocycles. The topological polar surface area (TPSA) is 58.4 Å². The van der Waals surface area contributed by atoms with Gasteiger partial charge in [-0.2, -0.15) is 5.10 Å². The van der Waals surface area contributed by atoms with Crippen LogP contribution in [0.5, 0.6) is 0 Å². The summed E-state index contributed by atoms with van der Waals surface area (Å²) in [4.78, 5) is 31.0. The van der Waals surface area contributed by atoms with Crippen LogP contribution >= 0.6 is 11.8 Å². The number of hydrogen-bond donors (Lipinski definition) is 0. The van der Waals surface area contributed by atoms with Crippen LogP contribution in [0.15, 0.2) is 66.7 Å². The zero-order valence-corrected chi connectivity index (χ0v) is 25.3. The first-order valence-corrected chi connectivity index (χ1v) is 15.7. The molecule has 6 nitrogen and oxygen atoms in total. The first kappa shape index (κ1) is 29.1. The summed E-state index contributed by atoms with van der Waals surface area (Å²) >= 11 is 1.27. The van der Waals surface area contributed by atoms with Crippen molar-refractivity contribution < 1.29 is 18.4 Å². The molecule has 2 aliphatic rings. The van der Waals surface area contributed by atoms with E-state index in [1.807, 2.05) is 67.3 Å². The second-order valence-electron chi connectivity index (χ2n) is 11.6. The van der Waals surface area contributed by atoms with Crippen LogP contribution in [0.4, 0.5) is 14.6 Å². The summed E-state index contributed by atoms with van der Waals surface area (Å²) in [6.07, 6.45) is 1.84. The van der Waals surface area contributed by atoms with Crippen molar-refractivity contribution in [2.45, 2.75) is 38.9 Å². The molecule has 3 aromatic carbocycles. The summed E-state index contributed by atoms with van der Waals surface area (Å²) in [5.74, 6) is -0.750. The molecule has 1 saturated heterocycles. The van der Waals surface area contributed by atoms with Gasteiger partial charge in [0.05, 0.1) is 22.4 Å². The van der Waals surface area contributed by atoms with Crippen LogP contribution in [-0.4, -0.2) is 51.9 Å². The zero-order valence-electron chi connectivity index (χ0n) is 24.5. The number of anilines is 1. The Kier molecular flexibility index (Phi) is 8.09. The maximum atomic E-state index is 15.5. The predicted molar refractivity (Wildman–Crippen MR) is 166 cm³/mol. The summed E-state index contributed by atoms with van der Waals surface area (Å²) in [5, 5.41) is 4.41. The first-order chi connectivity index (χ1) is 20.7. The first-order valence-electron chi connectivity index (χ1n) is 14.6. The number of thioether (sulfide) groups is 1. The lowest BCUT2D eigenvalue weighted by Crippen LogP contribution is -2.46. The normalized spacial score (nSPS) is 17.6. The second-order valence-corrected chi connectivity index (χ2v) is 12.6. The average molecular weight is 601 g/mol. The third kappa shape index (κ3) is 5.70. The molecule has 9 heteroatoms. The molecule has 0 unspecified atom stereocenters. The summed E-state index contributed by atoms with van der Waals surface area (Å²) < 4.78 is 31.2. The molecule has 2 aliphatic heterocycles. The number of rotatable bonds is 5. The standard InChI is InChI=1S/C34H34F2N4O2S/c1-21-13-15-38(16-14-21)29(41)19-39-30(42)20-43-33(26-11-10-25(35)18-27(26)36)31-32(24-7-5-4-6-8-24)37-40(34(31)39)28-12-9-22(2)17-23(28)3/h4-12,17-18,21,33H,13-16,19-20H2,1-3H3/t33-/m1/s1. The third-order valence-electron chi connectivity index (χ3n) is 8.39. The lowest BCUT2D eigenvalue weighted by atomic mass is 9.98. The summed E-state index contributed by atoms with van der Waals surface area (Å²) in [5.41, 5.74) is 5.02. The number of piperidine rings is 1. The Morgan fingerprint density at radius 2 is 1.74 bits per heavy atom. The molecule has 0 radical (unpaired) electrons. The van der Waals surface area contributed by atoms with Crippen LogP contribution in [-0.2, 0) is 9.59 Å². The van der Waals surface area contributed by atoms with E-state index >= 15 is 4.39 Å². The number of amides is 2. The number of carbonyl (C=O) groups is 2. The average Bonchev–Trinajstić information content (AvgIpc) is 3.30. The molecule has 0 bridgehead atoms. The summed E-state index contributed by atoms with van der Waals surface area (Å²) in [7, 11) is 0. The second kappa shape index (κ2) is 12.0. The number of fused-ring (bicyclic) bond motifs is 1. The number of halogens is 2. The molecule has 0 spiro atoms. The molecule has 43 heavy (non-hydrogen) atoms. The molecule has 0 saturated carbocycles. The van der Waals surface area contributed by atoms with E-state index in [1.54, 1.807) is 4.68 Å². The van der Waals surface area contributed by atoms with Gasteiger partial charge in [-0.05, 0) is 50.3 Å². The van der Waals surface area contributed by atoms with Gasteiger partial charge in [-0.25, -0.2) is 13.5 Å². The van der Waals surface area contributed by atoms with Gasteiger partial charge in [0.15, 0.2) is 0 Å². The van der Waals surface area contributed by atoms with Crippen molar-refractivity contribution in [3.05, 3.63) is 101 Å². The van der Waals surface area contributed by atoms with Gasteiger partial charge in [0.1, 0.15) is 24.0 Å². The predicted octanol–water partition coefficient (Wildman–Crippen LogP) is 6.86. The maximum Gasteiger partial charge on any atom is 0.242 e. The van der Waals surface area contributed by atoms with Crippen LogP contribution in [0.25, 0.3) is 16.9 Å². The Balaban J connectivity index is 1.59. The van der Waals surface area contributed by atoms with Crippen LogP contribution in [0.3, 0.4) is 0 Å². The van der Waals surface area contributed by atoms with Crippen molar-refractivity contribution in [2.24, 2.45) is 5.92 Å². The quantitative estimate of drug-likeness (QED) is 0.251. The van der Waals surface area contributed by atoms with E-state index in [1.165, 1.54) is 28.8 Å². The highest BCUT2D eigenvalue weighted by Gasteiger charge is 2.39. The largest absolute Gasteiger partial charge is 0.341 e. The van der Waals surface area contributed by atoms with Gasteiger partial charge in [0.25, 0.3) is 0 Å². The zero-order chi connectivity index (χ0) is 30.2. The maximum absolute atomic E-state index is 15.5. The number of benzene rings is 3. The molecule has 222 valence electrons. The number of hydrogen-bond acceptors (Lipinski definition) is 4. The highest BCUT2D eigenvalue weighted by atomic mass is 32.2. The van der Waals surface area contributed by atoms with E-state index in [0.717, 1.165) is 41.3 Å². The van der Waals surface area contributed by atoms with Gasteiger partial charge in [0, 0.05) is 35.8 Å². The van der Waals surface area contributed by atoms with E-state index in [4.69, 9.17) is 5.10 Å². The van der Waals surface area contributed by atoms with Crippen molar-refractivity contribution >= 4 is 29.4 Å². The molecule has 1 aromatic heterocycles. The molecule has 3 heterocycles.